The lowest BCUT2D eigenvalue weighted by Crippen LogP contribution is -2.52. The van der Waals surface area contributed by atoms with Crippen LogP contribution in [-0.4, -0.2) is 43.1 Å². The number of para-hydroxylation sites is 2. The van der Waals surface area contributed by atoms with Crippen molar-refractivity contribution in [3.8, 4) is 5.75 Å². The molecule has 1 saturated heterocycles. The zero-order valence-electron chi connectivity index (χ0n) is 20.4. The molecule has 0 unspecified atom stereocenters. The Balaban J connectivity index is 1.28. The van der Waals surface area contributed by atoms with Gasteiger partial charge in [-0.25, -0.2) is 0 Å². The van der Waals surface area contributed by atoms with Gasteiger partial charge in [-0.2, -0.15) is 0 Å². The second-order valence-electron chi connectivity index (χ2n) is 11.2. The van der Waals surface area contributed by atoms with Gasteiger partial charge in [0.2, 0.25) is 0 Å². The largest absolute Gasteiger partial charge is 0.490 e. The zero-order valence-corrected chi connectivity index (χ0v) is 21.2. The minimum Gasteiger partial charge on any atom is -0.490 e. The van der Waals surface area contributed by atoms with Crippen molar-refractivity contribution in [2.45, 2.75) is 62.1 Å². The summed E-state index contributed by atoms with van der Waals surface area (Å²) in [6.45, 7) is 7.12. The Hall–Kier alpha value is -2.01. The van der Waals surface area contributed by atoms with Crippen LogP contribution in [0.4, 0.5) is 5.69 Å². The van der Waals surface area contributed by atoms with Crippen LogP contribution < -0.4 is 9.64 Å². The molecule has 1 spiro atoms. The second-order valence-corrected chi connectivity index (χ2v) is 11.7. The average Bonchev–Trinajstić information content (AvgIpc) is 3.00. The standard InChI is InChI=1S/C30H36ClNO3/c1-2-30(33)14-15-34-28(17-30)24-11-9-22(24)18-32-19-29(20-35-27-8-4-3-7-26(27)32)13-5-6-21-16-23(31)10-12-25(21)29/h2-4,7-8,10,12,16,22,24,28,33H,1,5-6,9,11,13-15,17-20H2/t22-,24+,28+,29-,30-/m0/s1. The minimum atomic E-state index is -0.788. The summed E-state index contributed by atoms with van der Waals surface area (Å²) in [5, 5.41) is 11.7. The summed E-state index contributed by atoms with van der Waals surface area (Å²) in [7, 11) is 0. The van der Waals surface area contributed by atoms with Crippen LogP contribution in [-0.2, 0) is 16.6 Å². The molecule has 186 valence electrons. The average molecular weight is 494 g/mol. The van der Waals surface area contributed by atoms with Crippen LogP contribution >= 0.6 is 11.6 Å². The molecule has 1 N–H and O–H groups in total. The van der Waals surface area contributed by atoms with Crippen LogP contribution in [0.5, 0.6) is 5.75 Å². The third kappa shape index (κ3) is 4.28. The topological polar surface area (TPSA) is 41.9 Å². The van der Waals surface area contributed by atoms with Crippen molar-refractivity contribution < 1.29 is 14.6 Å². The molecule has 2 aliphatic carbocycles. The SMILES string of the molecule is C=C[C@]1(O)CCO[C@@H]([C@@H]2CC[C@H]2CN2C[C@@]3(CCCc4cc(Cl)ccc43)COc3ccccc32)C1. The fraction of sp³-hybridized carbons (Fsp3) is 0.533. The fourth-order valence-electron chi connectivity index (χ4n) is 7.02. The van der Waals surface area contributed by atoms with Crippen LogP contribution in [0.15, 0.2) is 55.1 Å². The Labute approximate surface area is 213 Å². The normalized spacial score (nSPS) is 34.2. The molecule has 4 aliphatic rings. The molecule has 35 heavy (non-hydrogen) atoms. The van der Waals surface area contributed by atoms with Gasteiger partial charge in [0.15, 0.2) is 0 Å². The molecule has 2 heterocycles. The molecule has 2 aromatic rings. The summed E-state index contributed by atoms with van der Waals surface area (Å²) in [5.41, 5.74) is 3.15. The van der Waals surface area contributed by atoms with E-state index in [2.05, 4.69) is 47.9 Å². The number of fused-ring (bicyclic) bond motifs is 3. The number of ether oxygens (including phenoxy) is 2. The maximum absolute atomic E-state index is 10.8. The lowest BCUT2D eigenvalue weighted by Gasteiger charge is -2.48. The molecular weight excluding hydrogens is 458 g/mol. The number of rotatable bonds is 4. The van der Waals surface area contributed by atoms with E-state index >= 15 is 0 Å². The van der Waals surface area contributed by atoms with Gasteiger partial charge in [0, 0.05) is 36.4 Å². The lowest BCUT2D eigenvalue weighted by atomic mass is 9.67. The minimum absolute atomic E-state index is 0.0408. The maximum atomic E-state index is 10.8. The van der Waals surface area contributed by atoms with Crippen molar-refractivity contribution in [1.82, 2.24) is 0 Å². The highest BCUT2D eigenvalue weighted by atomic mass is 35.5. The Morgan fingerprint density at radius 2 is 2.06 bits per heavy atom. The summed E-state index contributed by atoms with van der Waals surface area (Å²) >= 11 is 6.38. The molecule has 5 heteroatoms. The van der Waals surface area contributed by atoms with Crippen LogP contribution in [0.1, 0.15) is 49.7 Å². The van der Waals surface area contributed by atoms with E-state index in [9.17, 15) is 5.11 Å². The van der Waals surface area contributed by atoms with Crippen molar-refractivity contribution >= 4 is 17.3 Å². The zero-order chi connectivity index (χ0) is 24.0. The molecule has 0 bridgehead atoms. The number of halogens is 1. The summed E-state index contributed by atoms with van der Waals surface area (Å²) in [5.74, 6) is 2.01. The van der Waals surface area contributed by atoms with E-state index in [1.54, 1.807) is 6.08 Å². The number of hydrogen-bond acceptors (Lipinski definition) is 4. The van der Waals surface area contributed by atoms with Gasteiger partial charge in [-0.3, -0.25) is 0 Å². The van der Waals surface area contributed by atoms with Gasteiger partial charge in [0.1, 0.15) is 5.75 Å². The monoisotopic (exact) mass is 493 g/mol. The Morgan fingerprint density at radius 1 is 1.17 bits per heavy atom. The van der Waals surface area contributed by atoms with Crippen molar-refractivity contribution in [2.24, 2.45) is 11.8 Å². The highest BCUT2D eigenvalue weighted by Gasteiger charge is 2.46. The summed E-state index contributed by atoms with van der Waals surface area (Å²) in [4.78, 5) is 2.59. The highest BCUT2D eigenvalue weighted by molar-refractivity contribution is 6.30. The first-order chi connectivity index (χ1) is 17.0. The Kier molecular flexibility index (Phi) is 6.11. The molecule has 2 aliphatic heterocycles. The number of nitrogens with zero attached hydrogens (tertiary/aromatic N) is 1. The molecule has 1 saturated carbocycles. The van der Waals surface area contributed by atoms with E-state index < -0.39 is 5.60 Å². The second kappa shape index (κ2) is 9.14. The van der Waals surface area contributed by atoms with Gasteiger partial charge in [-0.1, -0.05) is 35.9 Å². The highest BCUT2D eigenvalue weighted by Crippen LogP contribution is 2.47. The predicted octanol–water partition coefficient (Wildman–Crippen LogP) is 5.94. The first-order valence-corrected chi connectivity index (χ1v) is 13.6. The molecule has 5 atom stereocenters. The van der Waals surface area contributed by atoms with Crippen molar-refractivity contribution in [3.63, 3.8) is 0 Å². The van der Waals surface area contributed by atoms with E-state index in [1.165, 1.54) is 29.7 Å². The Bertz CT molecular complexity index is 1100. The van der Waals surface area contributed by atoms with Crippen molar-refractivity contribution in [1.29, 1.82) is 0 Å². The van der Waals surface area contributed by atoms with Gasteiger partial charge in [0.25, 0.3) is 0 Å². The molecule has 4 nitrogen and oxygen atoms in total. The van der Waals surface area contributed by atoms with E-state index in [-0.39, 0.29) is 11.5 Å². The van der Waals surface area contributed by atoms with E-state index in [4.69, 9.17) is 21.1 Å². The van der Waals surface area contributed by atoms with Crippen molar-refractivity contribution in [2.75, 3.05) is 31.2 Å². The number of anilines is 1. The third-order valence-corrected chi connectivity index (χ3v) is 9.39. The van der Waals surface area contributed by atoms with Gasteiger partial charge < -0.3 is 19.5 Å². The lowest BCUT2D eigenvalue weighted by molar-refractivity contribution is -0.125. The molecule has 0 amide bonds. The molecule has 6 rings (SSSR count). The quantitative estimate of drug-likeness (QED) is 0.535. The molecule has 2 aromatic carbocycles. The molecule has 2 fully saturated rings. The maximum Gasteiger partial charge on any atom is 0.142 e. The van der Waals surface area contributed by atoms with E-state index in [1.807, 2.05) is 6.07 Å². The van der Waals surface area contributed by atoms with Gasteiger partial charge >= 0.3 is 0 Å². The number of hydrogen-bond donors (Lipinski definition) is 1. The van der Waals surface area contributed by atoms with Crippen LogP contribution in [0.3, 0.4) is 0 Å². The van der Waals surface area contributed by atoms with Crippen LogP contribution in [0, 0.1) is 11.8 Å². The van der Waals surface area contributed by atoms with Crippen LogP contribution in [0.25, 0.3) is 0 Å². The third-order valence-electron chi connectivity index (χ3n) is 9.15. The van der Waals surface area contributed by atoms with Gasteiger partial charge in [-0.15, -0.1) is 6.58 Å². The van der Waals surface area contributed by atoms with E-state index in [0.29, 0.717) is 37.9 Å². The molecule has 0 radical (unpaired) electrons. The van der Waals surface area contributed by atoms with E-state index in [0.717, 1.165) is 43.1 Å². The first kappa shape index (κ1) is 23.4. The summed E-state index contributed by atoms with van der Waals surface area (Å²) < 4.78 is 12.7. The number of benzene rings is 2. The summed E-state index contributed by atoms with van der Waals surface area (Å²) in [6.07, 6.45) is 8.87. The van der Waals surface area contributed by atoms with Gasteiger partial charge in [-0.05, 0) is 79.3 Å². The van der Waals surface area contributed by atoms with Crippen molar-refractivity contribution in [3.05, 3.63) is 71.3 Å². The summed E-state index contributed by atoms with van der Waals surface area (Å²) in [6, 6.07) is 15.0. The first-order valence-electron chi connectivity index (χ1n) is 13.2. The number of aliphatic hydroxyl groups is 1. The van der Waals surface area contributed by atoms with Crippen LogP contribution in [0.2, 0.25) is 5.02 Å². The Morgan fingerprint density at radius 3 is 2.89 bits per heavy atom. The molecule has 0 aromatic heterocycles. The number of aryl methyl sites for hydroxylation is 1. The smallest absolute Gasteiger partial charge is 0.142 e. The predicted molar refractivity (Wildman–Crippen MR) is 141 cm³/mol. The fourth-order valence-corrected chi connectivity index (χ4v) is 7.21. The molecular formula is C30H36ClNO3. The van der Waals surface area contributed by atoms with Gasteiger partial charge in [0.05, 0.1) is 30.6 Å².